The first-order chi connectivity index (χ1) is 14.0. The van der Waals surface area contributed by atoms with Gasteiger partial charge < -0.3 is 15.2 Å². The molecule has 2 N–H and O–H groups in total. The summed E-state index contributed by atoms with van der Waals surface area (Å²) in [5.41, 5.74) is 6.02. The molecule has 0 saturated heterocycles. The summed E-state index contributed by atoms with van der Waals surface area (Å²) >= 11 is 0. The molecule has 0 radical (unpaired) electrons. The van der Waals surface area contributed by atoms with Gasteiger partial charge in [-0.25, -0.2) is 8.78 Å². The number of nitrogens with two attached hydrogens (primary N) is 1. The summed E-state index contributed by atoms with van der Waals surface area (Å²) in [6, 6.07) is 2.26. The Morgan fingerprint density at radius 3 is 2.47 bits per heavy atom. The second kappa shape index (κ2) is 9.96. The normalized spacial score (nSPS) is 12.8. The molecule has 1 aromatic carbocycles. The smallest absolute Gasteiger partial charge is 0.335 e. The lowest BCUT2D eigenvalue weighted by atomic mass is 10.0. The van der Waals surface area contributed by atoms with Gasteiger partial charge in [-0.2, -0.15) is 13.2 Å². The van der Waals surface area contributed by atoms with Crippen LogP contribution in [0.1, 0.15) is 37.5 Å². The number of amides is 1. The largest absolute Gasteiger partial charge is 0.396 e. The minimum absolute atomic E-state index is 0.0327. The Bertz CT molecular complexity index is 867. The minimum atomic E-state index is -4.42. The van der Waals surface area contributed by atoms with Gasteiger partial charge in [-0.3, -0.25) is 4.79 Å². The van der Waals surface area contributed by atoms with E-state index >= 15 is 0 Å². The van der Waals surface area contributed by atoms with Crippen LogP contribution in [-0.2, 0) is 30.7 Å². The van der Waals surface area contributed by atoms with Crippen molar-refractivity contribution in [2.24, 2.45) is 5.73 Å². The molecule has 6 nitrogen and oxygen atoms in total. The highest BCUT2D eigenvalue weighted by molar-refractivity contribution is 5.76. The molecule has 0 bridgehead atoms. The molecule has 1 unspecified atom stereocenters. The number of benzene rings is 1. The van der Waals surface area contributed by atoms with Gasteiger partial charge in [-0.05, 0) is 44.0 Å². The van der Waals surface area contributed by atoms with E-state index in [2.05, 4.69) is 10.2 Å². The van der Waals surface area contributed by atoms with E-state index in [9.17, 15) is 26.7 Å². The zero-order valence-electron chi connectivity index (χ0n) is 16.7. The summed E-state index contributed by atoms with van der Waals surface area (Å²) in [5.74, 6) is -1.57. The van der Waals surface area contributed by atoms with E-state index in [1.807, 2.05) is 0 Å². The van der Waals surface area contributed by atoms with Gasteiger partial charge in [0.25, 0.3) is 0 Å². The van der Waals surface area contributed by atoms with Crippen LogP contribution >= 0.6 is 0 Å². The third-order valence-electron chi connectivity index (χ3n) is 4.57. The molecule has 11 heteroatoms. The van der Waals surface area contributed by atoms with Crippen LogP contribution in [-0.4, -0.2) is 44.3 Å². The van der Waals surface area contributed by atoms with Gasteiger partial charge in [0.2, 0.25) is 5.91 Å². The van der Waals surface area contributed by atoms with Gasteiger partial charge in [-0.1, -0.05) is 0 Å². The molecule has 0 aliphatic heterocycles. The highest BCUT2D eigenvalue weighted by atomic mass is 19.4. The Morgan fingerprint density at radius 2 is 1.87 bits per heavy atom. The van der Waals surface area contributed by atoms with Crippen molar-refractivity contribution >= 4 is 5.91 Å². The molecule has 0 fully saturated rings. The summed E-state index contributed by atoms with van der Waals surface area (Å²) < 4.78 is 66.5. The lowest BCUT2D eigenvalue weighted by Gasteiger charge is -2.23. The van der Waals surface area contributed by atoms with Crippen molar-refractivity contribution in [3.8, 4) is 0 Å². The van der Waals surface area contributed by atoms with E-state index in [0.29, 0.717) is 0 Å². The predicted octanol–water partition coefficient (Wildman–Crippen LogP) is 2.99. The van der Waals surface area contributed by atoms with Crippen LogP contribution in [0.25, 0.3) is 0 Å². The first kappa shape index (κ1) is 23.7. The van der Waals surface area contributed by atoms with Crippen molar-refractivity contribution in [2.45, 2.75) is 58.4 Å². The maximum Gasteiger partial charge on any atom is 0.396 e. The van der Waals surface area contributed by atoms with Crippen molar-refractivity contribution < 1.29 is 26.7 Å². The first-order valence-electron chi connectivity index (χ1n) is 9.49. The summed E-state index contributed by atoms with van der Waals surface area (Å²) in [7, 11) is 0. The van der Waals surface area contributed by atoms with Crippen molar-refractivity contribution in [1.29, 1.82) is 0 Å². The summed E-state index contributed by atoms with van der Waals surface area (Å²) in [6.07, 6.45) is -5.80. The highest BCUT2D eigenvalue weighted by Gasteiger charge is 2.31. The van der Waals surface area contributed by atoms with Crippen molar-refractivity contribution in [1.82, 2.24) is 19.7 Å². The highest BCUT2D eigenvalue weighted by Crippen LogP contribution is 2.21. The molecule has 1 aromatic heterocycles. The maximum atomic E-state index is 13.8. The van der Waals surface area contributed by atoms with E-state index in [0.717, 1.165) is 18.2 Å². The van der Waals surface area contributed by atoms with Crippen LogP contribution < -0.4 is 5.73 Å². The number of nitrogens with zero attached hydrogens (tertiary/aromatic N) is 4. The number of carbonyl (C=O) groups is 1. The second-order valence-corrected chi connectivity index (χ2v) is 6.88. The SMILES string of the molecule is CCN(Cc1nnc(CC(F)(F)F)n1CC)C(=O)CC(N)Cc1cc(F)ccc1F. The molecular formula is C19H24F5N5O. The topological polar surface area (TPSA) is 77.0 Å². The zero-order chi connectivity index (χ0) is 22.5. The van der Waals surface area contributed by atoms with Crippen LogP contribution in [0.3, 0.4) is 0 Å². The molecule has 2 rings (SSSR count). The molecule has 1 amide bonds. The average Bonchev–Trinajstić information content (AvgIpc) is 3.01. The van der Waals surface area contributed by atoms with Gasteiger partial charge in [0, 0.05) is 25.6 Å². The molecule has 30 heavy (non-hydrogen) atoms. The second-order valence-electron chi connectivity index (χ2n) is 6.88. The maximum absolute atomic E-state index is 13.8. The van der Waals surface area contributed by atoms with Gasteiger partial charge >= 0.3 is 6.18 Å². The van der Waals surface area contributed by atoms with Crippen LogP contribution in [0.5, 0.6) is 0 Å². The molecule has 2 aromatic rings. The number of halogens is 5. The van der Waals surface area contributed by atoms with Crippen LogP contribution in [0.4, 0.5) is 22.0 Å². The third-order valence-corrected chi connectivity index (χ3v) is 4.57. The molecule has 0 spiro atoms. The van der Waals surface area contributed by atoms with Crippen LogP contribution in [0.15, 0.2) is 18.2 Å². The summed E-state index contributed by atoms with van der Waals surface area (Å²) in [5, 5.41) is 7.41. The summed E-state index contributed by atoms with van der Waals surface area (Å²) in [6.45, 7) is 3.82. The first-order valence-corrected chi connectivity index (χ1v) is 9.49. The predicted molar refractivity (Wildman–Crippen MR) is 99.2 cm³/mol. The molecular weight excluding hydrogens is 409 g/mol. The van der Waals surface area contributed by atoms with E-state index < -0.39 is 30.3 Å². The fourth-order valence-corrected chi connectivity index (χ4v) is 3.12. The zero-order valence-corrected chi connectivity index (χ0v) is 16.7. The lowest BCUT2D eigenvalue weighted by Crippen LogP contribution is -2.37. The monoisotopic (exact) mass is 433 g/mol. The Balaban J connectivity index is 2.05. The number of rotatable bonds is 9. The van der Waals surface area contributed by atoms with E-state index in [1.54, 1.807) is 13.8 Å². The number of hydrogen-bond acceptors (Lipinski definition) is 4. The fraction of sp³-hybridized carbons (Fsp3) is 0.526. The quantitative estimate of drug-likeness (QED) is 0.617. The lowest BCUT2D eigenvalue weighted by molar-refractivity contribution is -0.132. The van der Waals surface area contributed by atoms with Gasteiger partial charge in [0.05, 0.1) is 6.54 Å². The third kappa shape index (κ3) is 6.48. The van der Waals surface area contributed by atoms with E-state index in [1.165, 1.54) is 9.47 Å². The average molecular weight is 433 g/mol. The fourth-order valence-electron chi connectivity index (χ4n) is 3.12. The molecule has 1 atom stereocenters. The molecule has 166 valence electrons. The Hall–Kier alpha value is -2.56. The van der Waals surface area contributed by atoms with E-state index in [4.69, 9.17) is 5.73 Å². The van der Waals surface area contributed by atoms with Crippen molar-refractivity contribution in [3.05, 3.63) is 47.0 Å². The van der Waals surface area contributed by atoms with Gasteiger partial charge in [0.15, 0.2) is 5.82 Å². The number of alkyl halides is 3. The molecule has 0 aliphatic rings. The standard InChI is InChI=1S/C19H24F5N5O/c1-3-28(11-17-27-26-16(29(17)4-2)10-19(22,23)24)18(30)9-14(25)8-12-7-13(20)5-6-15(12)21/h5-7,14H,3-4,8-11,25H2,1-2H3. The molecule has 0 aliphatic carbocycles. The summed E-state index contributed by atoms with van der Waals surface area (Å²) in [4.78, 5) is 14.0. The van der Waals surface area contributed by atoms with Gasteiger partial charge in [0.1, 0.15) is 23.9 Å². The molecule has 0 saturated carbocycles. The Labute approximate surface area is 170 Å². The van der Waals surface area contributed by atoms with Crippen molar-refractivity contribution in [3.63, 3.8) is 0 Å². The van der Waals surface area contributed by atoms with Crippen LogP contribution in [0, 0.1) is 11.6 Å². The Kier molecular flexibility index (Phi) is 7.88. The number of aromatic nitrogens is 3. The number of hydrogen-bond donors (Lipinski definition) is 1. The number of carbonyl (C=O) groups excluding carboxylic acids is 1. The minimum Gasteiger partial charge on any atom is -0.335 e. The van der Waals surface area contributed by atoms with Crippen LogP contribution in [0.2, 0.25) is 0 Å². The Morgan fingerprint density at radius 1 is 1.20 bits per heavy atom. The van der Waals surface area contributed by atoms with Gasteiger partial charge in [-0.15, -0.1) is 10.2 Å². The van der Waals surface area contributed by atoms with E-state index in [-0.39, 0.29) is 55.6 Å². The molecule has 1 heterocycles. The van der Waals surface area contributed by atoms with Crippen molar-refractivity contribution in [2.75, 3.05) is 6.54 Å².